The summed E-state index contributed by atoms with van der Waals surface area (Å²) in [5.41, 5.74) is 3.32. The lowest BCUT2D eigenvalue weighted by Crippen LogP contribution is -2.31. The Kier molecular flexibility index (Phi) is 6.60. The van der Waals surface area contributed by atoms with Crippen LogP contribution in [0, 0.1) is 13.8 Å². The van der Waals surface area contributed by atoms with Crippen LogP contribution < -0.4 is 0 Å². The third-order valence-corrected chi connectivity index (χ3v) is 6.38. The van der Waals surface area contributed by atoms with Gasteiger partial charge in [-0.05, 0) is 39.2 Å². The number of hydrogen-bond donors (Lipinski definition) is 0. The monoisotopic (exact) mass is 387 g/mol. The number of aromatic nitrogens is 2. The molecule has 0 saturated carbocycles. The summed E-state index contributed by atoms with van der Waals surface area (Å²) >= 11 is 1.52. The number of imidazole rings is 1. The van der Waals surface area contributed by atoms with Crippen LogP contribution in [0.2, 0.25) is 0 Å². The molecule has 0 spiro atoms. The molecule has 0 bridgehead atoms. The van der Waals surface area contributed by atoms with Gasteiger partial charge in [0.15, 0.2) is 5.16 Å². The summed E-state index contributed by atoms with van der Waals surface area (Å²) in [4.78, 5) is 19.2. The van der Waals surface area contributed by atoms with E-state index in [1.807, 2.05) is 37.1 Å². The van der Waals surface area contributed by atoms with Crippen molar-refractivity contribution in [3.63, 3.8) is 0 Å². The lowest BCUT2D eigenvalue weighted by Gasteiger charge is -2.25. The van der Waals surface area contributed by atoms with E-state index in [9.17, 15) is 4.79 Å². The van der Waals surface area contributed by atoms with Crippen molar-refractivity contribution in [3.8, 4) is 0 Å². The Morgan fingerprint density at radius 2 is 2.11 bits per heavy atom. The Labute approximate surface area is 166 Å². The van der Waals surface area contributed by atoms with Crippen molar-refractivity contribution in [2.75, 3.05) is 19.4 Å². The van der Waals surface area contributed by atoms with Crippen LogP contribution in [-0.4, -0.2) is 45.9 Å². The zero-order valence-electron chi connectivity index (χ0n) is 16.6. The Balaban J connectivity index is 1.63. The van der Waals surface area contributed by atoms with Gasteiger partial charge < -0.3 is 14.2 Å². The molecule has 3 rings (SSSR count). The molecule has 0 unspecified atom stereocenters. The van der Waals surface area contributed by atoms with Crippen molar-refractivity contribution in [2.24, 2.45) is 0 Å². The third-order valence-electron chi connectivity index (χ3n) is 5.41. The van der Waals surface area contributed by atoms with E-state index in [1.165, 1.54) is 11.8 Å². The van der Waals surface area contributed by atoms with E-state index >= 15 is 0 Å². The molecule has 1 saturated heterocycles. The van der Waals surface area contributed by atoms with Crippen LogP contribution in [0.3, 0.4) is 0 Å². The number of carbonyl (C=O) groups excluding carboxylic acids is 1. The lowest BCUT2D eigenvalue weighted by molar-refractivity contribution is -0.128. The first-order chi connectivity index (χ1) is 13.0. The number of amides is 1. The van der Waals surface area contributed by atoms with Crippen molar-refractivity contribution in [2.45, 2.75) is 57.5 Å². The molecule has 1 aromatic heterocycles. The quantitative estimate of drug-likeness (QED) is 0.674. The number of nitrogens with zero attached hydrogens (tertiary/aromatic N) is 3. The van der Waals surface area contributed by atoms with Gasteiger partial charge in [0, 0.05) is 19.3 Å². The van der Waals surface area contributed by atoms with Gasteiger partial charge in [-0.3, -0.25) is 4.79 Å². The zero-order valence-corrected chi connectivity index (χ0v) is 17.5. The maximum Gasteiger partial charge on any atom is 0.233 e. The predicted molar refractivity (Wildman–Crippen MR) is 109 cm³/mol. The number of ether oxygens (including phenoxy) is 1. The molecule has 6 heteroatoms. The fourth-order valence-electron chi connectivity index (χ4n) is 3.34. The van der Waals surface area contributed by atoms with Gasteiger partial charge in [-0.2, -0.15) is 0 Å². The van der Waals surface area contributed by atoms with Crippen molar-refractivity contribution in [1.29, 1.82) is 0 Å². The predicted octanol–water partition coefficient (Wildman–Crippen LogP) is 3.99. The molecule has 1 aromatic carbocycles. The summed E-state index contributed by atoms with van der Waals surface area (Å²) in [5, 5.41) is 0.912. The molecule has 0 N–H and O–H groups in total. The highest BCUT2D eigenvalue weighted by Gasteiger charge is 2.22. The van der Waals surface area contributed by atoms with Crippen LogP contribution in [-0.2, 0) is 16.1 Å². The minimum atomic E-state index is 0.0504. The number of aryl methyl sites for hydroxylation is 1. The van der Waals surface area contributed by atoms with Crippen molar-refractivity contribution >= 4 is 17.7 Å². The van der Waals surface area contributed by atoms with Gasteiger partial charge in [0.25, 0.3) is 0 Å². The molecule has 2 aromatic rings. The van der Waals surface area contributed by atoms with E-state index in [4.69, 9.17) is 4.74 Å². The molecular weight excluding hydrogens is 358 g/mol. The van der Waals surface area contributed by atoms with Gasteiger partial charge in [-0.25, -0.2) is 4.98 Å². The SMILES string of the molecule is Cc1nc(SCC(=O)N(C)[C@@H](C)c2ccccc2)n(C[C@@H]2CCCO2)c1C. The van der Waals surface area contributed by atoms with E-state index in [0.29, 0.717) is 5.75 Å². The molecule has 1 aliphatic heterocycles. The molecule has 0 aliphatic carbocycles. The van der Waals surface area contributed by atoms with Gasteiger partial charge in [-0.15, -0.1) is 0 Å². The first-order valence-electron chi connectivity index (χ1n) is 9.56. The number of thioether (sulfide) groups is 1. The van der Waals surface area contributed by atoms with E-state index in [1.54, 1.807) is 0 Å². The maximum absolute atomic E-state index is 12.7. The number of benzene rings is 1. The smallest absolute Gasteiger partial charge is 0.233 e. The molecule has 5 nitrogen and oxygen atoms in total. The average molecular weight is 388 g/mol. The van der Waals surface area contributed by atoms with Gasteiger partial charge in [-0.1, -0.05) is 42.1 Å². The lowest BCUT2D eigenvalue weighted by atomic mass is 10.1. The number of hydrogen-bond acceptors (Lipinski definition) is 4. The molecule has 0 radical (unpaired) electrons. The minimum absolute atomic E-state index is 0.0504. The maximum atomic E-state index is 12.7. The molecular formula is C21H29N3O2S. The van der Waals surface area contributed by atoms with Crippen molar-refractivity contribution < 1.29 is 9.53 Å². The van der Waals surface area contributed by atoms with E-state index < -0.39 is 0 Å². The summed E-state index contributed by atoms with van der Waals surface area (Å²) in [6.45, 7) is 7.84. The van der Waals surface area contributed by atoms with Crippen LogP contribution in [0.4, 0.5) is 0 Å². The molecule has 2 heterocycles. The molecule has 1 fully saturated rings. The van der Waals surface area contributed by atoms with Gasteiger partial charge in [0.1, 0.15) is 0 Å². The highest BCUT2D eigenvalue weighted by Crippen LogP contribution is 2.26. The Bertz CT molecular complexity index is 769. The van der Waals surface area contributed by atoms with Gasteiger partial charge in [0.2, 0.25) is 5.91 Å². The first-order valence-corrected chi connectivity index (χ1v) is 10.5. The summed E-state index contributed by atoms with van der Waals surface area (Å²) < 4.78 is 8.00. The van der Waals surface area contributed by atoms with Crippen molar-refractivity contribution in [3.05, 3.63) is 47.3 Å². The fourth-order valence-corrected chi connectivity index (χ4v) is 4.36. The van der Waals surface area contributed by atoms with Crippen LogP contribution in [0.5, 0.6) is 0 Å². The summed E-state index contributed by atoms with van der Waals surface area (Å²) in [6.07, 6.45) is 2.48. The molecule has 146 valence electrons. The summed E-state index contributed by atoms with van der Waals surface area (Å²) in [5.74, 6) is 0.494. The average Bonchev–Trinajstić information content (AvgIpc) is 3.29. The Morgan fingerprint density at radius 3 is 2.78 bits per heavy atom. The second kappa shape index (κ2) is 8.93. The van der Waals surface area contributed by atoms with E-state index in [0.717, 1.165) is 48.1 Å². The molecule has 1 aliphatic rings. The molecule has 1 amide bonds. The number of rotatable bonds is 7. The Hall–Kier alpha value is -1.79. The van der Waals surface area contributed by atoms with E-state index in [-0.39, 0.29) is 18.1 Å². The summed E-state index contributed by atoms with van der Waals surface area (Å²) in [6, 6.07) is 10.2. The normalized spacial score (nSPS) is 17.9. The fraction of sp³-hybridized carbons (Fsp3) is 0.524. The highest BCUT2D eigenvalue weighted by atomic mass is 32.2. The second-order valence-corrected chi connectivity index (χ2v) is 8.13. The summed E-state index contributed by atoms with van der Waals surface area (Å²) in [7, 11) is 1.87. The topological polar surface area (TPSA) is 47.4 Å². The molecule has 27 heavy (non-hydrogen) atoms. The largest absolute Gasteiger partial charge is 0.376 e. The minimum Gasteiger partial charge on any atom is -0.376 e. The van der Waals surface area contributed by atoms with Gasteiger partial charge in [0.05, 0.1) is 30.1 Å². The van der Waals surface area contributed by atoms with Crippen molar-refractivity contribution in [1.82, 2.24) is 14.5 Å². The Morgan fingerprint density at radius 1 is 1.37 bits per heavy atom. The second-order valence-electron chi connectivity index (χ2n) is 7.19. The van der Waals surface area contributed by atoms with Crippen LogP contribution in [0.15, 0.2) is 35.5 Å². The van der Waals surface area contributed by atoms with E-state index in [2.05, 4.69) is 35.5 Å². The zero-order chi connectivity index (χ0) is 19.4. The highest BCUT2D eigenvalue weighted by molar-refractivity contribution is 7.99. The number of carbonyl (C=O) groups is 1. The van der Waals surface area contributed by atoms with Crippen LogP contribution in [0.25, 0.3) is 0 Å². The standard InChI is InChI=1S/C21H29N3O2S/c1-15-16(2)24(13-19-11-8-12-26-19)21(22-15)27-14-20(25)23(4)17(3)18-9-6-5-7-10-18/h5-7,9-10,17,19H,8,11-14H2,1-4H3/t17-,19-/m0/s1. The third kappa shape index (κ3) is 4.74. The van der Waals surface area contributed by atoms with Crippen LogP contribution >= 0.6 is 11.8 Å². The van der Waals surface area contributed by atoms with Gasteiger partial charge >= 0.3 is 0 Å². The van der Waals surface area contributed by atoms with Crippen LogP contribution in [0.1, 0.15) is 42.8 Å². The molecule has 2 atom stereocenters. The first kappa shape index (κ1) is 20.0.